The molecule has 0 amide bonds. The summed E-state index contributed by atoms with van der Waals surface area (Å²) >= 11 is 10.8. The summed E-state index contributed by atoms with van der Waals surface area (Å²) in [5.41, 5.74) is 9.56. The Hall–Kier alpha value is -2.42. The molecule has 0 aromatic heterocycles. The average Bonchev–Trinajstić information content (AvgIpc) is 2.54. The van der Waals surface area contributed by atoms with Crippen LogP contribution >= 0.6 is 23.8 Å². The van der Waals surface area contributed by atoms with Gasteiger partial charge in [-0.25, -0.2) is 4.39 Å². The predicted molar refractivity (Wildman–Crippen MR) is 102 cm³/mol. The Labute approximate surface area is 156 Å². The van der Waals surface area contributed by atoms with Gasteiger partial charge in [-0.15, -0.1) is 0 Å². The molecule has 128 valence electrons. The zero-order valence-electron chi connectivity index (χ0n) is 13.8. The van der Waals surface area contributed by atoms with Crippen molar-refractivity contribution in [3.8, 4) is 11.8 Å². The van der Waals surface area contributed by atoms with E-state index in [2.05, 4.69) is 0 Å². The van der Waals surface area contributed by atoms with Gasteiger partial charge in [-0.2, -0.15) is 5.26 Å². The van der Waals surface area contributed by atoms with Gasteiger partial charge >= 0.3 is 0 Å². The first-order valence-electron chi connectivity index (χ1n) is 7.41. The molecule has 2 rings (SSSR count). The van der Waals surface area contributed by atoms with Gasteiger partial charge in [0.2, 0.25) is 0 Å². The third kappa shape index (κ3) is 4.79. The van der Waals surface area contributed by atoms with Gasteiger partial charge in [0.1, 0.15) is 29.2 Å². The number of thiocarbonyl (C=S) groups is 1. The highest BCUT2D eigenvalue weighted by molar-refractivity contribution is 7.80. The fourth-order valence-electron chi connectivity index (χ4n) is 2.29. The summed E-state index contributed by atoms with van der Waals surface area (Å²) in [6.07, 6.45) is 1.66. The first-order chi connectivity index (χ1) is 11.8. The van der Waals surface area contributed by atoms with Crippen LogP contribution in [0.5, 0.6) is 5.75 Å². The Morgan fingerprint density at radius 1 is 1.32 bits per heavy atom. The maximum Gasteiger partial charge on any atom is 0.138 e. The Balaban J connectivity index is 2.31. The standard InChI is InChI=1S/C19H16ClFN2OS/c1-11-5-12(2)15(7-13(11)6-14(9-22)19(23)25)10-24-18-4-3-16(21)8-17(18)20/h3-8H,10H2,1-2H3,(H2,23,25)/b14-6+. The lowest BCUT2D eigenvalue weighted by atomic mass is 9.98. The molecule has 0 saturated heterocycles. The third-order valence-electron chi connectivity index (χ3n) is 3.69. The predicted octanol–water partition coefficient (Wildman–Crippen LogP) is 4.87. The van der Waals surface area contributed by atoms with Crippen molar-refractivity contribution < 1.29 is 9.13 Å². The molecular formula is C19H16ClFN2OS. The van der Waals surface area contributed by atoms with Crippen LogP contribution in [-0.2, 0) is 6.61 Å². The molecule has 25 heavy (non-hydrogen) atoms. The number of aryl methyl sites for hydroxylation is 2. The minimum Gasteiger partial charge on any atom is -0.487 e. The highest BCUT2D eigenvalue weighted by Crippen LogP contribution is 2.27. The number of benzene rings is 2. The summed E-state index contributed by atoms with van der Waals surface area (Å²) in [5.74, 6) is -0.0148. The Morgan fingerprint density at radius 2 is 2.04 bits per heavy atom. The lowest BCUT2D eigenvalue weighted by molar-refractivity contribution is 0.305. The molecule has 0 unspecified atom stereocenters. The summed E-state index contributed by atoms with van der Waals surface area (Å²) in [7, 11) is 0. The molecule has 2 aromatic carbocycles. The quantitative estimate of drug-likeness (QED) is 0.461. The van der Waals surface area contributed by atoms with Gasteiger partial charge in [-0.05, 0) is 66.4 Å². The van der Waals surface area contributed by atoms with Crippen LogP contribution in [0.2, 0.25) is 5.02 Å². The molecule has 0 aliphatic heterocycles. The summed E-state index contributed by atoms with van der Waals surface area (Å²) in [6.45, 7) is 4.16. The van der Waals surface area contributed by atoms with E-state index in [9.17, 15) is 4.39 Å². The molecule has 0 radical (unpaired) electrons. The van der Waals surface area contributed by atoms with E-state index in [1.807, 2.05) is 32.0 Å². The van der Waals surface area contributed by atoms with Crippen molar-refractivity contribution in [2.75, 3.05) is 0 Å². The number of halogens is 2. The Morgan fingerprint density at radius 3 is 2.64 bits per heavy atom. The first kappa shape index (κ1) is 18.9. The minimum atomic E-state index is -0.418. The highest BCUT2D eigenvalue weighted by atomic mass is 35.5. The van der Waals surface area contributed by atoms with Gasteiger partial charge in [0.25, 0.3) is 0 Å². The van der Waals surface area contributed by atoms with Crippen molar-refractivity contribution >= 4 is 34.9 Å². The van der Waals surface area contributed by atoms with Gasteiger partial charge in [-0.3, -0.25) is 0 Å². The first-order valence-corrected chi connectivity index (χ1v) is 8.20. The molecule has 0 saturated carbocycles. The second kappa shape index (κ2) is 8.11. The summed E-state index contributed by atoms with van der Waals surface area (Å²) in [4.78, 5) is 0.0540. The molecule has 2 aromatic rings. The third-order valence-corrected chi connectivity index (χ3v) is 4.20. The molecule has 0 aliphatic rings. The largest absolute Gasteiger partial charge is 0.487 e. The van der Waals surface area contributed by atoms with Crippen LogP contribution in [-0.4, -0.2) is 4.99 Å². The van der Waals surface area contributed by atoms with E-state index in [4.69, 9.17) is 39.6 Å². The number of nitrogens with two attached hydrogens (primary N) is 1. The smallest absolute Gasteiger partial charge is 0.138 e. The fraction of sp³-hybridized carbons (Fsp3) is 0.158. The number of hydrogen-bond donors (Lipinski definition) is 1. The molecule has 6 heteroatoms. The summed E-state index contributed by atoms with van der Waals surface area (Å²) < 4.78 is 18.8. The second-order valence-electron chi connectivity index (χ2n) is 5.53. The van der Waals surface area contributed by atoms with E-state index >= 15 is 0 Å². The van der Waals surface area contributed by atoms with Crippen molar-refractivity contribution in [1.82, 2.24) is 0 Å². The van der Waals surface area contributed by atoms with Crippen LogP contribution in [0, 0.1) is 31.0 Å². The van der Waals surface area contributed by atoms with Crippen molar-refractivity contribution in [2.24, 2.45) is 5.73 Å². The van der Waals surface area contributed by atoms with Crippen LogP contribution < -0.4 is 10.5 Å². The Kier molecular flexibility index (Phi) is 6.13. The van der Waals surface area contributed by atoms with Crippen molar-refractivity contribution in [3.63, 3.8) is 0 Å². The topological polar surface area (TPSA) is 59.0 Å². The monoisotopic (exact) mass is 374 g/mol. The summed E-state index contributed by atoms with van der Waals surface area (Å²) in [5, 5.41) is 9.33. The minimum absolute atomic E-state index is 0.0540. The second-order valence-corrected chi connectivity index (χ2v) is 6.38. The van der Waals surface area contributed by atoms with Crippen LogP contribution in [0.1, 0.15) is 22.3 Å². The van der Waals surface area contributed by atoms with Crippen LogP contribution in [0.3, 0.4) is 0 Å². The summed E-state index contributed by atoms with van der Waals surface area (Å²) in [6, 6.07) is 9.88. The molecule has 0 aliphatic carbocycles. The fourth-order valence-corrected chi connectivity index (χ4v) is 2.62. The van der Waals surface area contributed by atoms with E-state index in [1.54, 1.807) is 6.08 Å². The normalized spacial score (nSPS) is 11.1. The molecule has 0 heterocycles. The SMILES string of the molecule is Cc1cc(C)c(COc2ccc(F)cc2Cl)cc1/C=C(\C#N)C(N)=S. The van der Waals surface area contributed by atoms with E-state index < -0.39 is 5.82 Å². The number of hydrogen-bond acceptors (Lipinski definition) is 3. The molecule has 3 nitrogen and oxygen atoms in total. The average molecular weight is 375 g/mol. The molecule has 0 atom stereocenters. The Bertz CT molecular complexity index is 903. The number of ether oxygens (including phenoxy) is 1. The zero-order valence-corrected chi connectivity index (χ0v) is 15.3. The van der Waals surface area contributed by atoms with Crippen LogP contribution in [0.4, 0.5) is 4.39 Å². The van der Waals surface area contributed by atoms with Gasteiger partial charge in [0.15, 0.2) is 0 Å². The molecule has 0 fully saturated rings. The molecule has 0 spiro atoms. The van der Waals surface area contributed by atoms with Gasteiger partial charge in [0.05, 0.1) is 10.6 Å². The number of nitriles is 1. The van der Waals surface area contributed by atoms with Crippen molar-refractivity contribution in [1.29, 1.82) is 5.26 Å². The number of rotatable bonds is 5. The van der Waals surface area contributed by atoms with E-state index in [1.165, 1.54) is 18.2 Å². The maximum atomic E-state index is 13.1. The van der Waals surface area contributed by atoms with Gasteiger partial charge in [0, 0.05) is 0 Å². The molecular weight excluding hydrogens is 359 g/mol. The van der Waals surface area contributed by atoms with E-state index in [-0.39, 0.29) is 22.2 Å². The van der Waals surface area contributed by atoms with Crippen LogP contribution in [0.25, 0.3) is 6.08 Å². The molecule has 0 bridgehead atoms. The van der Waals surface area contributed by atoms with E-state index in [0.29, 0.717) is 5.75 Å². The zero-order chi connectivity index (χ0) is 18.6. The van der Waals surface area contributed by atoms with Crippen molar-refractivity contribution in [3.05, 3.63) is 69.0 Å². The lowest BCUT2D eigenvalue weighted by Gasteiger charge is -2.13. The van der Waals surface area contributed by atoms with Gasteiger partial charge < -0.3 is 10.5 Å². The molecule has 2 N–H and O–H groups in total. The van der Waals surface area contributed by atoms with Crippen LogP contribution in [0.15, 0.2) is 35.9 Å². The van der Waals surface area contributed by atoms with Gasteiger partial charge in [-0.1, -0.05) is 29.9 Å². The lowest BCUT2D eigenvalue weighted by Crippen LogP contribution is -2.10. The number of nitrogens with zero attached hydrogens (tertiary/aromatic N) is 1. The van der Waals surface area contributed by atoms with E-state index in [0.717, 1.165) is 22.3 Å². The maximum absolute atomic E-state index is 13.1. The van der Waals surface area contributed by atoms with Crippen molar-refractivity contribution in [2.45, 2.75) is 20.5 Å². The highest BCUT2D eigenvalue weighted by Gasteiger charge is 2.09.